The van der Waals surface area contributed by atoms with Crippen LogP contribution in [0.3, 0.4) is 0 Å². The highest BCUT2D eigenvalue weighted by Gasteiger charge is 2.14. The van der Waals surface area contributed by atoms with E-state index in [4.69, 9.17) is 16.7 Å². The van der Waals surface area contributed by atoms with Gasteiger partial charge in [0.25, 0.3) is 0 Å². The van der Waals surface area contributed by atoms with E-state index in [2.05, 4.69) is 5.32 Å². The first-order valence-electron chi connectivity index (χ1n) is 5.34. The topological polar surface area (TPSA) is 49.3 Å². The van der Waals surface area contributed by atoms with Crippen molar-refractivity contribution >= 4 is 30.0 Å². The Hall–Kier alpha value is -0.770. The van der Waals surface area contributed by atoms with E-state index >= 15 is 0 Å². The maximum Gasteiger partial charge on any atom is 0.320 e. The van der Waals surface area contributed by atoms with Gasteiger partial charge in [0.15, 0.2) is 0 Å². The van der Waals surface area contributed by atoms with Gasteiger partial charge in [0.05, 0.1) is 0 Å². The summed E-state index contributed by atoms with van der Waals surface area (Å²) in [7, 11) is 0. The summed E-state index contributed by atoms with van der Waals surface area (Å²) in [6, 6.07) is 6.92. The van der Waals surface area contributed by atoms with Crippen molar-refractivity contribution in [1.82, 2.24) is 5.32 Å². The van der Waals surface area contributed by atoms with Gasteiger partial charge in [-0.2, -0.15) is 0 Å². The van der Waals surface area contributed by atoms with Crippen molar-refractivity contribution in [2.75, 3.05) is 0 Å². The van der Waals surface area contributed by atoms with Crippen LogP contribution in [0.2, 0.25) is 5.02 Å². The van der Waals surface area contributed by atoms with Crippen LogP contribution < -0.4 is 5.32 Å². The predicted molar refractivity (Wildman–Crippen MR) is 71.9 cm³/mol. The third kappa shape index (κ3) is 5.91. The Morgan fingerprint density at radius 2 is 2.24 bits per heavy atom. The van der Waals surface area contributed by atoms with Crippen molar-refractivity contribution in [2.45, 2.75) is 32.4 Å². The van der Waals surface area contributed by atoms with Crippen LogP contribution in [0.4, 0.5) is 0 Å². The van der Waals surface area contributed by atoms with Crippen LogP contribution in [0.5, 0.6) is 0 Å². The highest BCUT2D eigenvalue weighted by atomic mass is 35.5. The monoisotopic (exact) mass is 277 g/mol. The minimum Gasteiger partial charge on any atom is -0.480 e. The molecule has 3 nitrogen and oxygen atoms in total. The zero-order valence-corrected chi connectivity index (χ0v) is 11.2. The molecule has 0 bridgehead atoms. The fourth-order valence-electron chi connectivity index (χ4n) is 1.49. The molecule has 0 saturated carbocycles. The van der Waals surface area contributed by atoms with Crippen molar-refractivity contribution in [3.8, 4) is 0 Å². The van der Waals surface area contributed by atoms with Gasteiger partial charge in [-0.05, 0) is 24.1 Å². The Kier molecular flexibility index (Phi) is 7.96. The molecule has 1 unspecified atom stereocenters. The third-order valence-electron chi connectivity index (χ3n) is 2.32. The number of carboxylic acids is 1. The molecule has 0 saturated heterocycles. The number of hydrogen-bond acceptors (Lipinski definition) is 2. The van der Waals surface area contributed by atoms with Crippen molar-refractivity contribution in [1.29, 1.82) is 0 Å². The van der Waals surface area contributed by atoms with Gasteiger partial charge in [-0.1, -0.05) is 37.1 Å². The number of carbonyl (C=O) groups is 1. The maximum absolute atomic E-state index is 10.9. The summed E-state index contributed by atoms with van der Waals surface area (Å²) >= 11 is 5.84. The summed E-state index contributed by atoms with van der Waals surface area (Å²) in [4.78, 5) is 10.9. The maximum atomic E-state index is 10.9. The quantitative estimate of drug-likeness (QED) is 0.840. The fraction of sp³-hybridized carbons (Fsp3) is 0.417. The second kappa shape index (κ2) is 8.34. The molecule has 1 aromatic rings. The second-order valence-corrected chi connectivity index (χ2v) is 4.13. The van der Waals surface area contributed by atoms with E-state index in [0.717, 1.165) is 12.0 Å². The minimum atomic E-state index is -0.802. The molecule has 17 heavy (non-hydrogen) atoms. The van der Waals surface area contributed by atoms with Gasteiger partial charge in [-0.3, -0.25) is 4.79 Å². The van der Waals surface area contributed by atoms with Gasteiger partial charge in [0.2, 0.25) is 0 Å². The summed E-state index contributed by atoms with van der Waals surface area (Å²) in [5.74, 6) is -0.802. The third-order valence-corrected chi connectivity index (χ3v) is 2.55. The van der Waals surface area contributed by atoms with Crippen molar-refractivity contribution < 1.29 is 9.90 Å². The molecule has 0 aliphatic rings. The molecule has 96 valence electrons. The lowest BCUT2D eigenvalue weighted by Gasteiger charge is -2.13. The minimum absolute atomic E-state index is 0. The van der Waals surface area contributed by atoms with E-state index in [1.807, 2.05) is 25.1 Å². The Morgan fingerprint density at radius 1 is 1.53 bits per heavy atom. The molecule has 5 heteroatoms. The van der Waals surface area contributed by atoms with E-state index in [0.29, 0.717) is 18.0 Å². The zero-order chi connectivity index (χ0) is 12.0. The van der Waals surface area contributed by atoms with Gasteiger partial charge in [-0.25, -0.2) is 0 Å². The van der Waals surface area contributed by atoms with Crippen LogP contribution in [0.25, 0.3) is 0 Å². The molecule has 0 aliphatic heterocycles. The average molecular weight is 278 g/mol. The van der Waals surface area contributed by atoms with E-state index < -0.39 is 12.0 Å². The molecule has 0 amide bonds. The molecule has 1 rings (SSSR count). The van der Waals surface area contributed by atoms with E-state index in [-0.39, 0.29) is 12.4 Å². The normalized spacial score (nSPS) is 11.6. The van der Waals surface area contributed by atoms with Crippen LogP contribution in [0.1, 0.15) is 25.3 Å². The fourth-order valence-corrected chi connectivity index (χ4v) is 1.70. The summed E-state index contributed by atoms with van der Waals surface area (Å²) < 4.78 is 0. The van der Waals surface area contributed by atoms with Crippen LogP contribution in [0.15, 0.2) is 24.3 Å². The molecule has 1 atom stereocenters. The molecular formula is C12H17Cl2NO2. The Labute approximate surface area is 113 Å². The number of rotatable bonds is 6. The molecule has 0 radical (unpaired) electrons. The molecule has 0 heterocycles. The highest BCUT2D eigenvalue weighted by Crippen LogP contribution is 2.10. The highest BCUT2D eigenvalue weighted by molar-refractivity contribution is 6.30. The predicted octanol–water partition coefficient (Wildman–Crippen LogP) is 3.10. The van der Waals surface area contributed by atoms with Crippen molar-refractivity contribution in [2.24, 2.45) is 0 Å². The molecule has 2 N–H and O–H groups in total. The largest absolute Gasteiger partial charge is 0.480 e. The van der Waals surface area contributed by atoms with E-state index in [1.165, 1.54) is 0 Å². The van der Waals surface area contributed by atoms with E-state index in [1.54, 1.807) is 6.07 Å². The van der Waals surface area contributed by atoms with Crippen LogP contribution in [-0.4, -0.2) is 17.1 Å². The summed E-state index contributed by atoms with van der Waals surface area (Å²) in [5.41, 5.74) is 0.995. The molecule has 0 aliphatic carbocycles. The molecule has 0 aromatic heterocycles. The van der Waals surface area contributed by atoms with Gasteiger partial charge < -0.3 is 10.4 Å². The zero-order valence-electron chi connectivity index (χ0n) is 9.65. The van der Waals surface area contributed by atoms with Crippen molar-refractivity contribution in [3.63, 3.8) is 0 Å². The Bertz CT molecular complexity index is 358. The standard InChI is InChI=1S/C12H16ClNO2.ClH/c1-2-4-11(12(15)16)14-8-9-5-3-6-10(13)7-9;/h3,5-7,11,14H,2,4,8H2,1H3,(H,15,16);1H. The first-order valence-corrected chi connectivity index (χ1v) is 5.72. The SMILES string of the molecule is CCCC(NCc1cccc(Cl)c1)C(=O)O.Cl. The number of benzene rings is 1. The Morgan fingerprint density at radius 3 is 2.76 bits per heavy atom. The average Bonchev–Trinajstić information content (AvgIpc) is 2.24. The molecule has 0 spiro atoms. The smallest absolute Gasteiger partial charge is 0.320 e. The summed E-state index contributed by atoms with van der Waals surface area (Å²) in [6.07, 6.45) is 1.48. The molecular weight excluding hydrogens is 261 g/mol. The van der Waals surface area contributed by atoms with Crippen LogP contribution in [-0.2, 0) is 11.3 Å². The number of hydrogen-bond donors (Lipinski definition) is 2. The van der Waals surface area contributed by atoms with Crippen LogP contribution >= 0.6 is 24.0 Å². The van der Waals surface area contributed by atoms with Gasteiger partial charge in [0.1, 0.15) is 6.04 Å². The second-order valence-electron chi connectivity index (χ2n) is 3.69. The number of aliphatic carboxylic acids is 1. The van der Waals surface area contributed by atoms with E-state index in [9.17, 15) is 4.79 Å². The van der Waals surface area contributed by atoms with Gasteiger partial charge in [0, 0.05) is 11.6 Å². The molecule has 0 fully saturated rings. The number of nitrogens with one attached hydrogen (secondary N) is 1. The first-order chi connectivity index (χ1) is 7.63. The Balaban J connectivity index is 0.00000256. The summed E-state index contributed by atoms with van der Waals surface area (Å²) in [6.45, 7) is 2.49. The number of carboxylic acid groups (broad SMARTS) is 1. The first kappa shape index (κ1) is 16.2. The van der Waals surface area contributed by atoms with Crippen molar-refractivity contribution in [3.05, 3.63) is 34.9 Å². The van der Waals surface area contributed by atoms with Gasteiger partial charge in [-0.15, -0.1) is 12.4 Å². The number of halogens is 2. The lowest BCUT2D eigenvalue weighted by Crippen LogP contribution is -2.35. The lowest BCUT2D eigenvalue weighted by molar-refractivity contribution is -0.139. The molecule has 1 aromatic carbocycles. The van der Waals surface area contributed by atoms with Crippen LogP contribution in [0, 0.1) is 0 Å². The lowest BCUT2D eigenvalue weighted by atomic mass is 10.1. The summed E-state index contributed by atoms with van der Waals surface area (Å²) in [5, 5.41) is 12.6. The van der Waals surface area contributed by atoms with Gasteiger partial charge >= 0.3 is 5.97 Å².